The Bertz CT molecular complexity index is 1850. The summed E-state index contributed by atoms with van der Waals surface area (Å²) >= 11 is 11.8. The molecule has 0 radical (unpaired) electrons. The minimum absolute atomic E-state index is 0.0126. The van der Waals surface area contributed by atoms with Crippen LogP contribution >= 0.6 is 23.2 Å². The van der Waals surface area contributed by atoms with Gasteiger partial charge in [-0.25, -0.2) is 0 Å². The predicted octanol–water partition coefficient (Wildman–Crippen LogP) is 9.02. The van der Waals surface area contributed by atoms with Gasteiger partial charge >= 0.3 is 7.12 Å². The number of halogens is 2. The van der Waals surface area contributed by atoms with Crippen molar-refractivity contribution in [1.82, 2.24) is 0 Å². The van der Waals surface area contributed by atoms with Crippen LogP contribution < -0.4 is 21.1 Å². The number of allylic oxidation sites excluding steroid dienone is 1. The van der Waals surface area contributed by atoms with Gasteiger partial charge in [-0.3, -0.25) is 4.79 Å². The highest BCUT2D eigenvalue weighted by molar-refractivity contribution is 6.62. The van der Waals surface area contributed by atoms with Crippen LogP contribution in [0.4, 0.5) is 11.6 Å². The molecule has 0 bridgehead atoms. The Kier molecular flexibility index (Phi) is 12.5. The fourth-order valence-electron chi connectivity index (χ4n) is 6.01. The van der Waals surface area contributed by atoms with E-state index in [1.54, 1.807) is 12.3 Å². The van der Waals surface area contributed by atoms with E-state index in [1.165, 1.54) is 0 Å². The maximum Gasteiger partial charge on any atom is 0.583 e. The molecule has 10 heteroatoms. The van der Waals surface area contributed by atoms with E-state index in [9.17, 15) is 9.82 Å². The Labute approximate surface area is 294 Å². The average molecular weight is 691 g/mol. The van der Waals surface area contributed by atoms with E-state index in [4.69, 9.17) is 32.4 Å². The number of piperidine rings is 1. The molecule has 1 atom stereocenters. The molecule has 0 saturated carbocycles. The van der Waals surface area contributed by atoms with Crippen LogP contribution in [0.5, 0.6) is 0 Å². The molecular weight excluding hydrogens is 644 g/mol. The first kappa shape index (κ1) is 37.1. The van der Waals surface area contributed by atoms with Crippen molar-refractivity contribution < 1.29 is 14.2 Å². The van der Waals surface area contributed by atoms with Gasteiger partial charge in [0.15, 0.2) is 5.43 Å². The van der Waals surface area contributed by atoms with Crippen molar-refractivity contribution in [3.8, 4) is 11.1 Å². The van der Waals surface area contributed by atoms with Crippen molar-refractivity contribution in [3.63, 3.8) is 0 Å². The van der Waals surface area contributed by atoms with Crippen molar-refractivity contribution in [2.24, 2.45) is 10.6 Å². The first-order valence-corrected chi connectivity index (χ1v) is 17.4. The van der Waals surface area contributed by atoms with Crippen LogP contribution in [0.2, 0.25) is 5.02 Å². The van der Waals surface area contributed by atoms with E-state index in [0.717, 1.165) is 59.4 Å². The second-order valence-electron chi connectivity index (χ2n) is 12.8. The molecule has 3 heterocycles. The highest BCUT2D eigenvalue weighted by atomic mass is 35.5. The largest absolute Gasteiger partial charge is 0.583 e. The van der Waals surface area contributed by atoms with Gasteiger partial charge in [-0.2, -0.15) is 0 Å². The third-order valence-electron chi connectivity index (χ3n) is 8.73. The first-order valence-electron chi connectivity index (χ1n) is 16.5. The first-order chi connectivity index (χ1) is 22.9. The molecule has 4 aromatic rings. The zero-order valence-electron chi connectivity index (χ0n) is 29.0. The van der Waals surface area contributed by atoms with Crippen molar-refractivity contribution in [2.75, 3.05) is 29.2 Å². The minimum Gasteiger partial charge on any atom is -0.440 e. The number of nitrogens with zero attached hydrogens (tertiary/aromatic N) is 2. The van der Waals surface area contributed by atoms with Crippen molar-refractivity contribution in [2.45, 2.75) is 67.3 Å². The molecule has 48 heavy (non-hydrogen) atoms. The summed E-state index contributed by atoms with van der Waals surface area (Å²) in [5, 5.41) is 18.8. The number of aryl methyl sites for hydroxylation is 1. The number of alkyl halides is 1. The van der Waals surface area contributed by atoms with E-state index in [-0.39, 0.29) is 16.9 Å². The number of fused-ring (bicyclic) bond motifs is 2. The minimum atomic E-state index is -1.10. The van der Waals surface area contributed by atoms with Gasteiger partial charge in [-0.05, 0) is 80.0 Å². The number of nitrogens with one attached hydrogen (secondary N) is 1. The van der Waals surface area contributed by atoms with Crippen molar-refractivity contribution in [1.29, 1.82) is 0 Å². The topological polar surface area (TPSA) is 87.3 Å². The number of anilines is 2. The molecule has 2 aliphatic rings. The van der Waals surface area contributed by atoms with Crippen LogP contribution in [0.25, 0.3) is 22.1 Å². The van der Waals surface area contributed by atoms with Crippen molar-refractivity contribution >= 4 is 64.5 Å². The molecule has 0 amide bonds. The molecule has 1 aromatic heterocycles. The van der Waals surface area contributed by atoms with Gasteiger partial charge in [0.1, 0.15) is 5.58 Å². The number of rotatable bonds is 6. The van der Waals surface area contributed by atoms with E-state index >= 15 is 0 Å². The molecule has 0 spiro atoms. The third kappa shape index (κ3) is 8.11. The van der Waals surface area contributed by atoms with Crippen LogP contribution in [0.3, 0.4) is 0 Å². The summed E-state index contributed by atoms with van der Waals surface area (Å²) in [4.78, 5) is 15.9. The zero-order chi connectivity index (χ0) is 35.2. The summed E-state index contributed by atoms with van der Waals surface area (Å²) in [6, 6.07) is 15.2. The molecule has 6 rings (SSSR count). The monoisotopic (exact) mass is 689 g/mol. The van der Waals surface area contributed by atoms with E-state index < -0.39 is 7.12 Å². The summed E-state index contributed by atoms with van der Waals surface area (Å²) in [5.74, 6) is 1.23. The van der Waals surface area contributed by atoms with Gasteiger partial charge < -0.3 is 24.4 Å². The van der Waals surface area contributed by atoms with Crippen molar-refractivity contribution in [3.05, 3.63) is 98.7 Å². The summed E-state index contributed by atoms with van der Waals surface area (Å²) in [7, 11) is -1.10. The number of hydrogen-bond acceptors (Lipinski definition) is 7. The molecule has 1 saturated heterocycles. The molecule has 3 aromatic carbocycles. The van der Waals surface area contributed by atoms with Crippen LogP contribution in [0.15, 0.2) is 75.6 Å². The normalized spacial score (nSPS) is 15.3. The summed E-state index contributed by atoms with van der Waals surface area (Å²) in [6.07, 6.45) is 5.32. The quantitative estimate of drug-likeness (QED) is 0.119. The van der Waals surface area contributed by atoms with Crippen LogP contribution in [0, 0.1) is 19.3 Å². The molecular formula is C38H46BCl2N3O4. The van der Waals surface area contributed by atoms with Crippen LogP contribution in [0.1, 0.15) is 75.8 Å². The highest BCUT2D eigenvalue weighted by Crippen LogP contribution is 2.39. The van der Waals surface area contributed by atoms with Gasteiger partial charge in [-0.15, -0.1) is 23.3 Å². The highest BCUT2D eigenvalue weighted by Gasteiger charge is 2.29. The molecule has 7 nitrogen and oxygen atoms in total. The SMILES string of the molecule is C=CCCl.CC.Cc1cc(C(C)Nc2cccc(Cl)c2-c2ccc3c(c2)C=NOB3O)c2oc(N3CCC(C)(C)CC3)c(C)c(=O)c2c1. The van der Waals surface area contributed by atoms with E-state index in [1.807, 2.05) is 70.2 Å². The molecule has 2 N–H and O–H groups in total. The molecule has 2 aliphatic heterocycles. The Hall–Kier alpha value is -3.72. The molecule has 254 valence electrons. The number of oxime groups is 1. The number of hydrogen-bond donors (Lipinski definition) is 2. The lowest BCUT2D eigenvalue weighted by Gasteiger charge is -2.37. The predicted molar refractivity (Wildman–Crippen MR) is 205 cm³/mol. The Morgan fingerprint density at radius 2 is 1.83 bits per heavy atom. The van der Waals surface area contributed by atoms with Gasteiger partial charge in [0.25, 0.3) is 0 Å². The van der Waals surface area contributed by atoms with Crippen LogP contribution in [-0.2, 0) is 4.76 Å². The lowest BCUT2D eigenvalue weighted by Crippen LogP contribution is -2.38. The van der Waals surface area contributed by atoms with Crippen LogP contribution in [-0.4, -0.2) is 37.3 Å². The van der Waals surface area contributed by atoms with Gasteiger partial charge in [-0.1, -0.05) is 69.6 Å². The third-order valence-corrected chi connectivity index (χ3v) is 9.26. The fraction of sp³-hybridized carbons (Fsp3) is 0.368. The average Bonchev–Trinajstić information content (AvgIpc) is 3.07. The Morgan fingerprint density at radius 3 is 2.50 bits per heavy atom. The second kappa shape index (κ2) is 16.1. The lowest BCUT2D eigenvalue weighted by molar-refractivity contribution is 0.274. The second-order valence-corrected chi connectivity index (χ2v) is 13.5. The van der Waals surface area contributed by atoms with Gasteiger partial charge in [0, 0.05) is 41.2 Å². The summed E-state index contributed by atoms with van der Waals surface area (Å²) in [5.41, 5.74) is 7.41. The van der Waals surface area contributed by atoms with E-state index in [0.29, 0.717) is 38.8 Å². The standard InChI is InChI=1S/C33H35BClN3O4.C3H5Cl.C2H6/c1-19-15-24(31-25(16-19)30(39)20(2)32(41-31)38-13-11-33(4,5)12-14-38)21(3)37-28-8-6-7-27(35)29(28)22-9-10-26-23(17-22)18-36-42-34(26)40;1-2-3-4;1-2/h6-10,15-18,21,37,40H,11-14H2,1-5H3;2H,1,3H2;1-2H3. The maximum atomic E-state index is 13.7. The zero-order valence-corrected chi connectivity index (χ0v) is 30.5. The fourth-order valence-corrected chi connectivity index (χ4v) is 6.30. The number of benzene rings is 3. The lowest BCUT2D eigenvalue weighted by atomic mass is 9.75. The van der Waals surface area contributed by atoms with Gasteiger partial charge in [0.05, 0.1) is 28.2 Å². The van der Waals surface area contributed by atoms with E-state index in [2.05, 4.69) is 48.8 Å². The summed E-state index contributed by atoms with van der Waals surface area (Å²) < 4.78 is 11.6. The smallest absolute Gasteiger partial charge is 0.440 e. The molecule has 1 fully saturated rings. The molecule has 1 unspecified atom stereocenters. The molecule has 0 aliphatic carbocycles. The maximum absolute atomic E-state index is 13.7. The Morgan fingerprint density at radius 1 is 1.15 bits per heavy atom. The Balaban J connectivity index is 0.000000808. The summed E-state index contributed by atoms with van der Waals surface area (Å²) in [6.45, 7) is 19.6. The van der Waals surface area contributed by atoms with Gasteiger partial charge in [0.2, 0.25) is 5.88 Å².